The number of hydrogen-bond acceptors (Lipinski definition) is 3. The van der Waals surface area contributed by atoms with Crippen molar-refractivity contribution >= 4 is 11.9 Å². The number of aliphatic hydroxyl groups excluding tert-OH is 2. The molecule has 1 aliphatic carbocycles. The number of hydrogen-bond donors (Lipinski definition) is 2. The van der Waals surface area contributed by atoms with Gasteiger partial charge in [-0.1, -0.05) is 24.3 Å². The van der Waals surface area contributed by atoms with Crippen LogP contribution >= 0.6 is 0 Å². The number of fused-ring (bicyclic) bond motifs is 1. The van der Waals surface area contributed by atoms with E-state index in [0.717, 1.165) is 0 Å². The third-order valence-corrected chi connectivity index (χ3v) is 2.06. The Morgan fingerprint density at radius 1 is 1.23 bits per heavy atom. The number of ketones is 1. The summed E-state index contributed by atoms with van der Waals surface area (Å²) in [6.45, 7) is 0. The van der Waals surface area contributed by atoms with Crippen LogP contribution in [0.4, 0.5) is 0 Å². The lowest BCUT2D eigenvalue weighted by Crippen LogP contribution is -2.26. The molecule has 0 saturated heterocycles. The largest absolute Gasteiger partial charge is 0.509 e. The predicted molar refractivity (Wildman–Crippen MR) is 47.4 cm³/mol. The van der Waals surface area contributed by atoms with E-state index in [9.17, 15) is 15.0 Å². The van der Waals surface area contributed by atoms with E-state index in [1.54, 1.807) is 24.3 Å². The smallest absolute Gasteiger partial charge is 0.199 e. The van der Waals surface area contributed by atoms with Gasteiger partial charge in [0.15, 0.2) is 11.9 Å². The highest BCUT2D eigenvalue weighted by atomic mass is 16.3. The molecule has 1 aromatic carbocycles. The van der Waals surface area contributed by atoms with Crippen molar-refractivity contribution in [3.63, 3.8) is 0 Å². The molecule has 3 heteroatoms. The van der Waals surface area contributed by atoms with Crippen LogP contribution in [0.5, 0.6) is 0 Å². The first-order valence-electron chi connectivity index (χ1n) is 3.92. The minimum Gasteiger partial charge on any atom is -0.509 e. The first kappa shape index (κ1) is 8.01. The van der Waals surface area contributed by atoms with Gasteiger partial charge in [0, 0.05) is 5.56 Å². The summed E-state index contributed by atoms with van der Waals surface area (Å²) in [5.74, 6) is -0.737. The number of benzene rings is 1. The summed E-state index contributed by atoms with van der Waals surface area (Å²) in [6.07, 6.45) is 0.0106. The highest BCUT2D eigenvalue weighted by molar-refractivity contribution is 6.06. The number of rotatable bonds is 0. The van der Waals surface area contributed by atoms with E-state index in [-0.39, 0.29) is 5.76 Å². The minimum atomic E-state index is -1.39. The Bertz CT molecular complexity index is 393. The van der Waals surface area contributed by atoms with Crippen LogP contribution in [0, 0.1) is 0 Å². The zero-order chi connectivity index (χ0) is 9.42. The summed E-state index contributed by atoms with van der Waals surface area (Å²) in [4.78, 5) is 11.4. The SMILES string of the molecule is O=C1c2ccccc2C=C(O)C1O. The van der Waals surface area contributed by atoms with Crippen molar-refractivity contribution in [2.75, 3.05) is 0 Å². The number of Topliss-reactive ketones (excluding diaryl/α,β-unsaturated/α-hetero) is 1. The van der Waals surface area contributed by atoms with Crippen molar-refractivity contribution < 1.29 is 15.0 Å². The molecule has 0 aliphatic heterocycles. The molecule has 3 nitrogen and oxygen atoms in total. The van der Waals surface area contributed by atoms with Crippen LogP contribution in [0.1, 0.15) is 15.9 Å². The van der Waals surface area contributed by atoms with Gasteiger partial charge in [0.05, 0.1) is 0 Å². The third kappa shape index (κ3) is 1.13. The third-order valence-electron chi connectivity index (χ3n) is 2.06. The van der Waals surface area contributed by atoms with Crippen molar-refractivity contribution in [3.8, 4) is 0 Å². The Morgan fingerprint density at radius 3 is 2.69 bits per heavy atom. The maximum Gasteiger partial charge on any atom is 0.199 e. The average molecular weight is 176 g/mol. The van der Waals surface area contributed by atoms with Gasteiger partial charge in [-0.25, -0.2) is 0 Å². The molecule has 66 valence electrons. The Morgan fingerprint density at radius 2 is 1.92 bits per heavy atom. The molecule has 0 bridgehead atoms. The molecule has 0 spiro atoms. The summed E-state index contributed by atoms with van der Waals surface area (Å²) >= 11 is 0. The number of aliphatic hydroxyl groups is 2. The Balaban J connectivity index is 2.63. The van der Waals surface area contributed by atoms with Gasteiger partial charge in [0.25, 0.3) is 0 Å². The van der Waals surface area contributed by atoms with Crippen molar-refractivity contribution in [1.29, 1.82) is 0 Å². The van der Waals surface area contributed by atoms with Crippen LogP contribution in [0.2, 0.25) is 0 Å². The van der Waals surface area contributed by atoms with E-state index in [2.05, 4.69) is 0 Å². The van der Waals surface area contributed by atoms with E-state index >= 15 is 0 Å². The normalized spacial score (nSPS) is 20.8. The van der Waals surface area contributed by atoms with E-state index in [1.165, 1.54) is 6.08 Å². The fraction of sp³-hybridized carbons (Fsp3) is 0.100. The number of carbonyl (C=O) groups excluding carboxylic acids is 1. The summed E-state index contributed by atoms with van der Waals surface area (Å²) < 4.78 is 0. The van der Waals surface area contributed by atoms with Crippen molar-refractivity contribution in [1.82, 2.24) is 0 Å². The van der Waals surface area contributed by atoms with Crippen LogP contribution in [-0.4, -0.2) is 22.1 Å². The topological polar surface area (TPSA) is 57.5 Å². The predicted octanol–water partition coefficient (Wildman–Crippen LogP) is 1.14. The lowest BCUT2D eigenvalue weighted by atomic mass is 9.93. The van der Waals surface area contributed by atoms with Crippen molar-refractivity contribution in [3.05, 3.63) is 41.2 Å². The summed E-state index contributed by atoms with van der Waals surface area (Å²) in [5.41, 5.74) is 1.10. The summed E-state index contributed by atoms with van der Waals surface area (Å²) in [7, 11) is 0. The van der Waals surface area contributed by atoms with Gasteiger partial charge in [0.1, 0.15) is 5.76 Å². The van der Waals surface area contributed by atoms with Crippen LogP contribution in [-0.2, 0) is 0 Å². The van der Waals surface area contributed by atoms with E-state index in [1.807, 2.05) is 0 Å². The lowest BCUT2D eigenvalue weighted by molar-refractivity contribution is 0.0730. The molecule has 2 rings (SSSR count). The first-order valence-corrected chi connectivity index (χ1v) is 3.92. The highest BCUT2D eigenvalue weighted by Gasteiger charge is 2.26. The highest BCUT2D eigenvalue weighted by Crippen LogP contribution is 2.22. The molecule has 13 heavy (non-hydrogen) atoms. The average Bonchev–Trinajstić information content (AvgIpc) is 2.15. The monoisotopic (exact) mass is 176 g/mol. The van der Waals surface area contributed by atoms with Crippen molar-refractivity contribution in [2.45, 2.75) is 6.10 Å². The standard InChI is InChI=1S/C10H8O3/c11-8-5-6-3-1-2-4-7(6)9(12)10(8)13/h1-5,10-11,13H. The zero-order valence-corrected chi connectivity index (χ0v) is 6.77. The van der Waals surface area contributed by atoms with Crippen LogP contribution in [0.25, 0.3) is 6.08 Å². The second kappa shape index (κ2) is 2.71. The Labute approximate surface area is 74.9 Å². The molecule has 2 N–H and O–H groups in total. The summed E-state index contributed by atoms with van der Waals surface area (Å²) in [6, 6.07) is 6.84. The maximum atomic E-state index is 11.4. The van der Waals surface area contributed by atoms with Gasteiger partial charge >= 0.3 is 0 Å². The van der Waals surface area contributed by atoms with Gasteiger partial charge in [-0.05, 0) is 11.6 Å². The first-order chi connectivity index (χ1) is 6.20. The van der Waals surface area contributed by atoms with E-state index in [0.29, 0.717) is 11.1 Å². The van der Waals surface area contributed by atoms with Crippen molar-refractivity contribution in [2.24, 2.45) is 0 Å². The quantitative estimate of drug-likeness (QED) is 0.623. The minimum absolute atomic E-state index is 0.288. The molecule has 0 aromatic heterocycles. The Hall–Kier alpha value is -1.61. The molecule has 0 saturated carbocycles. The van der Waals surface area contributed by atoms with Gasteiger partial charge in [0.2, 0.25) is 0 Å². The fourth-order valence-corrected chi connectivity index (χ4v) is 1.37. The molecule has 1 aliphatic rings. The molecular formula is C10H8O3. The maximum absolute atomic E-state index is 11.4. The number of carbonyl (C=O) groups is 1. The van der Waals surface area contributed by atoms with Crippen LogP contribution < -0.4 is 0 Å². The molecule has 0 amide bonds. The van der Waals surface area contributed by atoms with Crippen LogP contribution in [0.15, 0.2) is 30.0 Å². The molecule has 0 heterocycles. The fourth-order valence-electron chi connectivity index (χ4n) is 1.37. The molecule has 1 unspecified atom stereocenters. The summed E-state index contributed by atoms with van der Waals surface area (Å²) in [5, 5.41) is 18.4. The van der Waals surface area contributed by atoms with E-state index < -0.39 is 11.9 Å². The second-order valence-electron chi connectivity index (χ2n) is 2.92. The van der Waals surface area contributed by atoms with Crippen LogP contribution in [0.3, 0.4) is 0 Å². The van der Waals surface area contributed by atoms with Gasteiger partial charge in [-0.15, -0.1) is 0 Å². The zero-order valence-electron chi connectivity index (χ0n) is 6.77. The molecular weight excluding hydrogens is 168 g/mol. The van der Waals surface area contributed by atoms with Gasteiger partial charge in [-0.2, -0.15) is 0 Å². The lowest BCUT2D eigenvalue weighted by Gasteiger charge is -2.16. The van der Waals surface area contributed by atoms with E-state index in [4.69, 9.17) is 0 Å². The van der Waals surface area contributed by atoms with Gasteiger partial charge in [-0.3, -0.25) is 4.79 Å². The molecule has 0 fully saturated rings. The Kier molecular flexibility index (Phi) is 1.67. The van der Waals surface area contributed by atoms with Gasteiger partial charge < -0.3 is 10.2 Å². The molecule has 0 radical (unpaired) electrons. The molecule has 1 aromatic rings. The molecule has 1 atom stereocenters. The second-order valence-corrected chi connectivity index (χ2v) is 2.92.